The van der Waals surface area contributed by atoms with E-state index in [2.05, 4.69) is 22.1 Å². The van der Waals surface area contributed by atoms with Crippen molar-refractivity contribution < 1.29 is 18.7 Å². The Kier molecular flexibility index (Phi) is 7.77. The normalized spacial score (nSPS) is 11.6. The lowest BCUT2D eigenvalue weighted by molar-refractivity contribution is -0.113. The van der Waals surface area contributed by atoms with Crippen LogP contribution < -0.4 is 10.1 Å². The monoisotopic (exact) mass is 454 g/mol. The van der Waals surface area contributed by atoms with E-state index >= 15 is 0 Å². The molecule has 32 heavy (non-hydrogen) atoms. The van der Waals surface area contributed by atoms with E-state index in [1.807, 2.05) is 11.5 Å². The number of ketones is 1. The van der Waals surface area contributed by atoms with E-state index in [-0.39, 0.29) is 23.3 Å². The highest BCUT2D eigenvalue weighted by Gasteiger charge is 2.20. The molecule has 1 amide bonds. The highest BCUT2D eigenvalue weighted by atomic mass is 32.2. The summed E-state index contributed by atoms with van der Waals surface area (Å²) in [6.45, 7) is 7.52. The van der Waals surface area contributed by atoms with E-state index in [1.54, 1.807) is 42.5 Å². The van der Waals surface area contributed by atoms with Crippen LogP contribution in [0.15, 0.2) is 66.3 Å². The largest absolute Gasteiger partial charge is 0.483 e. The third-order valence-corrected chi connectivity index (χ3v) is 5.42. The molecule has 0 saturated carbocycles. The van der Waals surface area contributed by atoms with Crippen LogP contribution in [-0.2, 0) is 11.3 Å². The second-order valence-corrected chi connectivity index (χ2v) is 7.87. The Morgan fingerprint density at radius 1 is 1.19 bits per heavy atom. The average molecular weight is 455 g/mol. The van der Waals surface area contributed by atoms with Crippen molar-refractivity contribution in [3.8, 4) is 5.75 Å². The summed E-state index contributed by atoms with van der Waals surface area (Å²) in [4.78, 5) is 23.7. The number of halogens is 1. The quantitative estimate of drug-likeness (QED) is 0.272. The Balaban J connectivity index is 1.64. The standard InChI is InChI=1S/C23H23FN4O3S/c1-4-13-28-22(16(3)31-20-11-7-18(24)8-12-20)26-27-23(28)32-14-21(30)25-19-9-5-17(6-10-19)15(2)29/h4-12,16H,1,13-14H2,2-3H3,(H,25,30). The molecule has 1 unspecified atom stereocenters. The number of thioether (sulfide) groups is 1. The number of nitrogens with zero attached hydrogens (tertiary/aromatic N) is 3. The number of amides is 1. The Morgan fingerprint density at radius 2 is 1.88 bits per heavy atom. The molecule has 0 aliphatic rings. The molecular formula is C23H23FN4O3S. The number of Topliss-reactive ketones (excluding diaryl/α,β-unsaturated/α-hetero) is 1. The second kappa shape index (κ2) is 10.7. The summed E-state index contributed by atoms with van der Waals surface area (Å²) >= 11 is 1.24. The number of carbonyl (C=O) groups is 2. The van der Waals surface area contributed by atoms with E-state index in [4.69, 9.17) is 4.74 Å². The van der Waals surface area contributed by atoms with Crippen LogP contribution >= 0.6 is 11.8 Å². The molecule has 0 aliphatic heterocycles. The zero-order valence-electron chi connectivity index (χ0n) is 17.7. The smallest absolute Gasteiger partial charge is 0.234 e. The first-order valence-electron chi connectivity index (χ1n) is 9.87. The van der Waals surface area contributed by atoms with Crippen LogP contribution in [0.3, 0.4) is 0 Å². The van der Waals surface area contributed by atoms with Crippen molar-refractivity contribution in [3.63, 3.8) is 0 Å². The fourth-order valence-electron chi connectivity index (χ4n) is 2.89. The summed E-state index contributed by atoms with van der Waals surface area (Å²) in [5.74, 6) is 0.612. The molecule has 1 atom stereocenters. The van der Waals surface area contributed by atoms with Gasteiger partial charge in [-0.2, -0.15) is 0 Å². The minimum absolute atomic E-state index is 0.0339. The number of ether oxygens (including phenoxy) is 1. The molecule has 1 heterocycles. The Hall–Kier alpha value is -3.46. The predicted molar refractivity (Wildman–Crippen MR) is 121 cm³/mol. The van der Waals surface area contributed by atoms with Crippen molar-refractivity contribution in [2.24, 2.45) is 0 Å². The van der Waals surface area contributed by atoms with Crippen LogP contribution in [0.25, 0.3) is 0 Å². The highest BCUT2D eigenvalue weighted by molar-refractivity contribution is 7.99. The summed E-state index contributed by atoms with van der Waals surface area (Å²) in [5, 5.41) is 11.8. The third kappa shape index (κ3) is 6.04. The van der Waals surface area contributed by atoms with Gasteiger partial charge in [0.1, 0.15) is 11.6 Å². The molecule has 1 N–H and O–H groups in total. The van der Waals surface area contributed by atoms with E-state index in [1.165, 1.54) is 30.8 Å². The van der Waals surface area contributed by atoms with Crippen molar-refractivity contribution in [3.05, 3.63) is 78.4 Å². The summed E-state index contributed by atoms with van der Waals surface area (Å²) < 4.78 is 20.8. The van der Waals surface area contributed by atoms with Crippen LogP contribution in [-0.4, -0.2) is 32.2 Å². The fourth-order valence-corrected chi connectivity index (χ4v) is 3.65. The van der Waals surface area contributed by atoms with Crippen molar-refractivity contribution in [1.82, 2.24) is 14.8 Å². The lowest BCUT2D eigenvalue weighted by Gasteiger charge is -2.15. The predicted octanol–water partition coefficient (Wildman–Crippen LogP) is 4.68. The van der Waals surface area contributed by atoms with Crippen molar-refractivity contribution >= 4 is 29.1 Å². The molecule has 166 valence electrons. The number of hydrogen-bond donors (Lipinski definition) is 1. The van der Waals surface area contributed by atoms with Crippen molar-refractivity contribution in [1.29, 1.82) is 0 Å². The summed E-state index contributed by atoms with van der Waals surface area (Å²) in [6, 6.07) is 12.4. The zero-order chi connectivity index (χ0) is 23.1. The second-order valence-electron chi connectivity index (χ2n) is 6.92. The summed E-state index contributed by atoms with van der Waals surface area (Å²) in [6.07, 6.45) is 1.26. The number of carbonyl (C=O) groups excluding carboxylic acids is 2. The first-order valence-corrected chi connectivity index (χ1v) is 10.9. The highest BCUT2D eigenvalue weighted by Crippen LogP contribution is 2.25. The van der Waals surface area contributed by atoms with E-state index in [0.717, 1.165) is 0 Å². The molecule has 0 saturated heterocycles. The van der Waals surface area contributed by atoms with Gasteiger partial charge in [0.2, 0.25) is 5.91 Å². The molecule has 0 bridgehead atoms. The number of nitrogens with one attached hydrogen (secondary N) is 1. The maximum absolute atomic E-state index is 13.1. The topological polar surface area (TPSA) is 86.1 Å². The molecule has 7 nitrogen and oxygen atoms in total. The Labute approximate surface area is 189 Å². The van der Waals surface area contributed by atoms with Gasteiger partial charge in [-0.25, -0.2) is 4.39 Å². The molecule has 3 aromatic rings. The molecule has 9 heteroatoms. The third-order valence-electron chi connectivity index (χ3n) is 4.45. The number of aromatic nitrogens is 3. The van der Waals surface area contributed by atoms with Gasteiger partial charge in [0, 0.05) is 17.8 Å². The zero-order valence-corrected chi connectivity index (χ0v) is 18.6. The number of hydrogen-bond acceptors (Lipinski definition) is 6. The van der Waals surface area contributed by atoms with Crippen molar-refractivity contribution in [2.45, 2.75) is 31.7 Å². The lowest BCUT2D eigenvalue weighted by Crippen LogP contribution is -2.15. The first-order chi connectivity index (χ1) is 15.4. The van der Waals surface area contributed by atoms with Gasteiger partial charge >= 0.3 is 0 Å². The Morgan fingerprint density at radius 3 is 2.50 bits per heavy atom. The van der Waals surface area contributed by atoms with Gasteiger partial charge in [-0.1, -0.05) is 17.8 Å². The molecular weight excluding hydrogens is 431 g/mol. The molecule has 0 aliphatic carbocycles. The van der Waals surface area contributed by atoms with Gasteiger partial charge in [0.15, 0.2) is 22.9 Å². The van der Waals surface area contributed by atoms with Gasteiger partial charge in [-0.15, -0.1) is 16.8 Å². The molecule has 0 spiro atoms. The van der Waals surface area contributed by atoms with Crippen LogP contribution in [0.1, 0.15) is 36.1 Å². The maximum Gasteiger partial charge on any atom is 0.234 e. The van der Waals surface area contributed by atoms with Crippen LogP contribution in [0.4, 0.5) is 10.1 Å². The Bertz CT molecular complexity index is 1100. The van der Waals surface area contributed by atoms with Crippen LogP contribution in [0.2, 0.25) is 0 Å². The minimum atomic E-state index is -0.448. The number of anilines is 1. The SMILES string of the molecule is C=CCn1c(SCC(=O)Nc2ccc(C(C)=O)cc2)nnc1C(C)Oc1ccc(F)cc1. The van der Waals surface area contributed by atoms with Gasteiger partial charge in [-0.3, -0.25) is 14.2 Å². The fraction of sp³-hybridized carbons (Fsp3) is 0.217. The van der Waals surface area contributed by atoms with E-state index < -0.39 is 6.10 Å². The molecule has 3 rings (SSSR count). The van der Waals surface area contributed by atoms with Gasteiger partial charge in [-0.05, 0) is 62.4 Å². The first kappa shape index (κ1) is 23.2. The molecule has 0 fully saturated rings. The average Bonchev–Trinajstić information content (AvgIpc) is 3.17. The lowest BCUT2D eigenvalue weighted by atomic mass is 10.1. The minimum Gasteiger partial charge on any atom is -0.483 e. The summed E-state index contributed by atoms with van der Waals surface area (Å²) in [5.41, 5.74) is 1.19. The number of rotatable bonds is 10. The van der Waals surface area contributed by atoms with Gasteiger partial charge < -0.3 is 10.1 Å². The van der Waals surface area contributed by atoms with E-state index in [9.17, 15) is 14.0 Å². The molecule has 2 aromatic carbocycles. The maximum atomic E-state index is 13.1. The van der Waals surface area contributed by atoms with Crippen LogP contribution in [0.5, 0.6) is 5.75 Å². The van der Waals surface area contributed by atoms with Gasteiger partial charge in [0.05, 0.1) is 5.75 Å². The number of benzene rings is 2. The van der Waals surface area contributed by atoms with E-state index in [0.29, 0.717) is 34.5 Å². The molecule has 1 aromatic heterocycles. The summed E-state index contributed by atoms with van der Waals surface area (Å²) in [7, 11) is 0. The van der Waals surface area contributed by atoms with Crippen molar-refractivity contribution in [2.75, 3.05) is 11.1 Å². The molecule has 0 radical (unpaired) electrons. The van der Waals surface area contributed by atoms with Crippen LogP contribution in [0, 0.1) is 5.82 Å². The number of allylic oxidation sites excluding steroid dienone is 1. The van der Waals surface area contributed by atoms with Gasteiger partial charge in [0.25, 0.3) is 0 Å².